The van der Waals surface area contributed by atoms with Crippen LogP contribution in [0.25, 0.3) is 0 Å². The van der Waals surface area contributed by atoms with Crippen molar-refractivity contribution in [3.8, 4) is 0 Å². The van der Waals surface area contributed by atoms with Gasteiger partial charge in [0.2, 0.25) is 17.7 Å². The first-order valence-corrected chi connectivity index (χ1v) is 12.8. The highest BCUT2D eigenvalue weighted by molar-refractivity contribution is 6.22. The molecule has 7 heteroatoms. The summed E-state index contributed by atoms with van der Waals surface area (Å²) in [6, 6.07) is 23.3. The molecule has 3 aromatic carbocycles. The molecule has 2 N–H and O–H groups in total. The van der Waals surface area contributed by atoms with E-state index >= 15 is 0 Å². The number of nitrogens with zero attached hydrogens (tertiary/aromatic N) is 1. The van der Waals surface area contributed by atoms with Crippen molar-refractivity contribution in [3.05, 3.63) is 102 Å². The van der Waals surface area contributed by atoms with E-state index < -0.39 is 0 Å². The summed E-state index contributed by atoms with van der Waals surface area (Å²) in [7, 11) is 0. The standard InChI is InChI=1S/C31H29N3O4/c1-20-10-16-26-27(18-20)31(38)34(30(26)37)25-9-5-8-22(19-25)29(36)33-24-14-12-23(13-15-24)32-28(35)17-11-21-6-3-2-4-7-21/h2-10,12-15,19,26-27H,11,16-18H2,1H3,(H,32,35)(H,33,36)/t26-,27-/m1/s1. The minimum absolute atomic E-state index is 0.0840. The number of aryl methyl sites for hydroxylation is 1. The van der Waals surface area contributed by atoms with Gasteiger partial charge < -0.3 is 10.6 Å². The number of fused-ring (bicyclic) bond motifs is 1. The number of anilines is 3. The predicted molar refractivity (Wildman–Crippen MR) is 147 cm³/mol. The third-order valence-corrected chi connectivity index (χ3v) is 7.10. The van der Waals surface area contributed by atoms with Crippen molar-refractivity contribution >= 4 is 40.7 Å². The Balaban J connectivity index is 1.19. The van der Waals surface area contributed by atoms with Gasteiger partial charge in [0.25, 0.3) is 5.91 Å². The van der Waals surface area contributed by atoms with Crippen LogP contribution in [0.4, 0.5) is 17.1 Å². The molecule has 0 bridgehead atoms. The first-order chi connectivity index (χ1) is 18.4. The number of nitrogens with one attached hydrogen (secondary N) is 2. The number of rotatable bonds is 7. The molecule has 0 spiro atoms. The molecule has 0 saturated carbocycles. The van der Waals surface area contributed by atoms with Crippen LogP contribution in [0.15, 0.2) is 90.5 Å². The van der Waals surface area contributed by atoms with Crippen LogP contribution in [0.5, 0.6) is 0 Å². The summed E-state index contributed by atoms with van der Waals surface area (Å²) in [6.07, 6.45) is 4.22. The maximum atomic E-state index is 13.0. The molecule has 0 unspecified atom stereocenters. The Bertz CT molecular complexity index is 1410. The fraction of sp³-hybridized carbons (Fsp3) is 0.226. The first kappa shape index (κ1) is 25.1. The zero-order chi connectivity index (χ0) is 26.6. The van der Waals surface area contributed by atoms with E-state index in [-0.39, 0.29) is 35.5 Å². The molecule has 1 fully saturated rings. The lowest BCUT2D eigenvalue weighted by Crippen LogP contribution is -2.31. The highest BCUT2D eigenvalue weighted by atomic mass is 16.2. The molecule has 192 valence electrons. The number of allylic oxidation sites excluding steroid dienone is 2. The van der Waals surface area contributed by atoms with Crippen LogP contribution in [0.3, 0.4) is 0 Å². The summed E-state index contributed by atoms with van der Waals surface area (Å²) in [4.78, 5) is 52.5. The number of benzene rings is 3. The zero-order valence-electron chi connectivity index (χ0n) is 21.1. The second-order valence-electron chi connectivity index (χ2n) is 9.83. The molecule has 2 aliphatic rings. The van der Waals surface area contributed by atoms with E-state index in [1.165, 1.54) is 4.90 Å². The summed E-state index contributed by atoms with van der Waals surface area (Å²) < 4.78 is 0. The number of carbonyl (C=O) groups excluding carboxylic acids is 4. The van der Waals surface area contributed by atoms with Gasteiger partial charge >= 0.3 is 0 Å². The van der Waals surface area contributed by atoms with Crippen LogP contribution in [0.2, 0.25) is 0 Å². The quantitative estimate of drug-likeness (QED) is 0.333. The summed E-state index contributed by atoms with van der Waals surface area (Å²) in [5.74, 6) is -1.52. The Morgan fingerprint density at radius 2 is 1.53 bits per heavy atom. The molecule has 38 heavy (non-hydrogen) atoms. The molecule has 1 saturated heterocycles. The molecular weight excluding hydrogens is 478 g/mol. The molecule has 5 rings (SSSR count). The lowest BCUT2D eigenvalue weighted by Gasteiger charge is -2.18. The Kier molecular flexibility index (Phi) is 7.18. The van der Waals surface area contributed by atoms with Gasteiger partial charge in [-0.05, 0) is 74.2 Å². The van der Waals surface area contributed by atoms with Gasteiger partial charge in [0.1, 0.15) is 0 Å². The predicted octanol–water partition coefficient (Wildman–Crippen LogP) is 5.36. The highest BCUT2D eigenvalue weighted by Gasteiger charge is 2.48. The van der Waals surface area contributed by atoms with Crippen molar-refractivity contribution in [2.75, 3.05) is 15.5 Å². The van der Waals surface area contributed by atoms with Gasteiger partial charge in [0, 0.05) is 23.4 Å². The zero-order valence-corrected chi connectivity index (χ0v) is 21.1. The summed E-state index contributed by atoms with van der Waals surface area (Å²) >= 11 is 0. The van der Waals surface area contributed by atoms with Gasteiger partial charge in [-0.3, -0.25) is 24.1 Å². The van der Waals surface area contributed by atoms with Crippen LogP contribution in [0, 0.1) is 11.8 Å². The number of imide groups is 1. The lowest BCUT2D eigenvalue weighted by atomic mass is 9.82. The van der Waals surface area contributed by atoms with Gasteiger partial charge in [-0.1, -0.05) is 48.0 Å². The maximum absolute atomic E-state index is 13.0. The Morgan fingerprint density at radius 1 is 0.842 bits per heavy atom. The van der Waals surface area contributed by atoms with Crippen LogP contribution in [-0.4, -0.2) is 23.6 Å². The van der Waals surface area contributed by atoms with Crippen LogP contribution < -0.4 is 15.5 Å². The van der Waals surface area contributed by atoms with E-state index in [2.05, 4.69) is 10.6 Å². The van der Waals surface area contributed by atoms with Crippen molar-refractivity contribution < 1.29 is 19.2 Å². The average molecular weight is 508 g/mol. The summed E-state index contributed by atoms with van der Waals surface area (Å²) in [5.41, 5.74) is 4.18. The lowest BCUT2D eigenvalue weighted by molar-refractivity contribution is -0.122. The molecule has 0 radical (unpaired) electrons. The van der Waals surface area contributed by atoms with Crippen molar-refractivity contribution in [3.63, 3.8) is 0 Å². The number of amides is 4. The number of hydrogen-bond donors (Lipinski definition) is 2. The minimum atomic E-state index is -0.361. The van der Waals surface area contributed by atoms with E-state index in [1.54, 1.807) is 48.5 Å². The minimum Gasteiger partial charge on any atom is -0.326 e. The van der Waals surface area contributed by atoms with Crippen LogP contribution in [-0.2, 0) is 20.8 Å². The molecule has 3 aromatic rings. The third kappa shape index (κ3) is 5.42. The molecule has 1 aliphatic heterocycles. The van der Waals surface area contributed by atoms with Gasteiger partial charge in [-0.2, -0.15) is 0 Å². The molecular formula is C31H29N3O4. The van der Waals surface area contributed by atoms with E-state index in [0.717, 1.165) is 11.1 Å². The molecule has 2 atom stereocenters. The van der Waals surface area contributed by atoms with Crippen LogP contribution >= 0.6 is 0 Å². The van der Waals surface area contributed by atoms with Crippen molar-refractivity contribution in [1.82, 2.24) is 0 Å². The maximum Gasteiger partial charge on any atom is 0.255 e. The highest BCUT2D eigenvalue weighted by Crippen LogP contribution is 2.39. The van der Waals surface area contributed by atoms with Crippen molar-refractivity contribution in [2.24, 2.45) is 11.8 Å². The molecule has 0 aromatic heterocycles. The average Bonchev–Trinajstić information content (AvgIpc) is 3.18. The van der Waals surface area contributed by atoms with Gasteiger partial charge in [-0.25, -0.2) is 0 Å². The van der Waals surface area contributed by atoms with E-state index in [0.29, 0.717) is 48.3 Å². The topological polar surface area (TPSA) is 95.6 Å². The van der Waals surface area contributed by atoms with Gasteiger partial charge in [-0.15, -0.1) is 0 Å². The third-order valence-electron chi connectivity index (χ3n) is 7.10. The number of hydrogen-bond acceptors (Lipinski definition) is 4. The van der Waals surface area contributed by atoms with Gasteiger partial charge in [0.15, 0.2) is 0 Å². The number of carbonyl (C=O) groups is 4. The normalized spacial score (nSPS) is 18.6. The fourth-order valence-corrected chi connectivity index (χ4v) is 5.04. The monoisotopic (exact) mass is 507 g/mol. The largest absolute Gasteiger partial charge is 0.326 e. The Morgan fingerprint density at radius 3 is 2.26 bits per heavy atom. The second kappa shape index (κ2) is 10.8. The summed E-state index contributed by atoms with van der Waals surface area (Å²) in [6.45, 7) is 1.98. The Labute approximate surface area is 221 Å². The summed E-state index contributed by atoms with van der Waals surface area (Å²) in [5, 5.41) is 5.70. The smallest absolute Gasteiger partial charge is 0.255 e. The fourth-order valence-electron chi connectivity index (χ4n) is 5.04. The molecule has 7 nitrogen and oxygen atoms in total. The SMILES string of the molecule is CC1=CC[C@H]2C(=O)N(c3cccc(C(=O)Nc4ccc(NC(=O)CCc5ccccc5)cc4)c3)C(=O)[C@@H]2C1. The Hall–Kier alpha value is -4.52. The molecule has 1 aliphatic carbocycles. The molecule has 4 amide bonds. The van der Waals surface area contributed by atoms with E-state index in [4.69, 9.17) is 0 Å². The van der Waals surface area contributed by atoms with E-state index in [9.17, 15) is 19.2 Å². The van der Waals surface area contributed by atoms with Gasteiger partial charge in [0.05, 0.1) is 17.5 Å². The van der Waals surface area contributed by atoms with Crippen molar-refractivity contribution in [2.45, 2.75) is 32.6 Å². The van der Waals surface area contributed by atoms with Crippen molar-refractivity contribution in [1.29, 1.82) is 0 Å². The first-order valence-electron chi connectivity index (χ1n) is 12.8. The van der Waals surface area contributed by atoms with Crippen LogP contribution in [0.1, 0.15) is 42.1 Å². The second-order valence-corrected chi connectivity index (χ2v) is 9.83. The molecule has 1 heterocycles. The van der Waals surface area contributed by atoms with E-state index in [1.807, 2.05) is 43.3 Å².